The quantitative estimate of drug-likeness (QED) is 0.519. The van der Waals surface area contributed by atoms with Gasteiger partial charge in [0, 0.05) is 28.4 Å². The summed E-state index contributed by atoms with van der Waals surface area (Å²) in [7, 11) is 0. The van der Waals surface area contributed by atoms with Crippen molar-refractivity contribution in [2.45, 2.75) is 28.6 Å². The van der Waals surface area contributed by atoms with Gasteiger partial charge in [0.25, 0.3) is 0 Å². The number of fused-ring (bicyclic) bond motifs is 3. The van der Waals surface area contributed by atoms with Gasteiger partial charge in [0.15, 0.2) is 5.65 Å². The highest BCUT2D eigenvalue weighted by Gasteiger charge is 2.16. The molecule has 2 aromatic heterocycles. The lowest BCUT2D eigenvalue weighted by atomic mass is 9.92. The molecule has 26 heavy (non-hydrogen) atoms. The molecule has 0 N–H and O–H groups in total. The molecule has 1 aliphatic heterocycles. The van der Waals surface area contributed by atoms with E-state index in [0.29, 0.717) is 5.92 Å². The van der Waals surface area contributed by atoms with E-state index in [9.17, 15) is 0 Å². The predicted molar refractivity (Wildman–Crippen MR) is 104 cm³/mol. The highest BCUT2D eigenvalue weighted by Crippen LogP contribution is 2.34. The molecular weight excluding hydrogens is 342 g/mol. The van der Waals surface area contributed by atoms with Crippen molar-refractivity contribution in [1.29, 1.82) is 0 Å². The lowest BCUT2D eigenvalue weighted by molar-refractivity contribution is 0.0853. The fraction of sp³-hybridized carbons (Fsp3) is 0.238. The SMILES string of the molecule is c1cc(Sc2ccc3c(ccc4ncnn43)c2)cc(C2CCOCC2)c1. The smallest absolute Gasteiger partial charge is 0.155 e. The Bertz CT molecular complexity index is 1070. The van der Waals surface area contributed by atoms with Gasteiger partial charge in [-0.3, -0.25) is 0 Å². The van der Waals surface area contributed by atoms with Crippen molar-refractivity contribution < 1.29 is 4.74 Å². The zero-order valence-corrected chi connectivity index (χ0v) is 15.2. The van der Waals surface area contributed by atoms with Crippen LogP contribution >= 0.6 is 11.8 Å². The molecule has 3 heterocycles. The van der Waals surface area contributed by atoms with E-state index in [1.54, 1.807) is 6.33 Å². The van der Waals surface area contributed by atoms with Crippen molar-refractivity contribution in [3.05, 3.63) is 66.5 Å². The van der Waals surface area contributed by atoms with E-state index in [-0.39, 0.29) is 0 Å². The predicted octanol–water partition coefficient (Wildman–Crippen LogP) is 4.93. The molecule has 0 unspecified atom stereocenters. The van der Waals surface area contributed by atoms with Gasteiger partial charge in [-0.05, 0) is 66.8 Å². The fourth-order valence-corrected chi connectivity index (χ4v) is 4.57. The van der Waals surface area contributed by atoms with Crippen LogP contribution in [0.4, 0.5) is 0 Å². The Labute approximate surface area is 156 Å². The average molecular weight is 361 g/mol. The standard InChI is InChI=1S/C21H19N3OS/c1-2-16(15-8-10-25-11-9-15)12-18(3-1)26-19-5-6-20-17(13-19)4-7-21-22-14-23-24(20)21/h1-7,12-15H,8-11H2. The minimum absolute atomic E-state index is 0.626. The summed E-state index contributed by atoms with van der Waals surface area (Å²) in [4.78, 5) is 6.78. The van der Waals surface area contributed by atoms with Crippen LogP contribution in [0.25, 0.3) is 16.6 Å². The van der Waals surface area contributed by atoms with Crippen LogP contribution in [0, 0.1) is 0 Å². The van der Waals surface area contributed by atoms with E-state index < -0.39 is 0 Å². The molecule has 1 aliphatic rings. The minimum atomic E-state index is 0.626. The van der Waals surface area contributed by atoms with Crippen molar-refractivity contribution in [2.75, 3.05) is 13.2 Å². The number of nitrogens with zero attached hydrogens (tertiary/aromatic N) is 3. The molecule has 5 heteroatoms. The number of pyridine rings is 1. The first-order chi connectivity index (χ1) is 12.9. The molecule has 0 radical (unpaired) electrons. The van der Waals surface area contributed by atoms with Crippen molar-refractivity contribution in [3.63, 3.8) is 0 Å². The van der Waals surface area contributed by atoms with Gasteiger partial charge in [0.2, 0.25) is 0 Å². The number of hydrogen-bond donors (Lipinski definition) is 0. The summed E-state index contributed by atoms with van der Waals surface area (Å²) in [5.41, 5.74) is 3.39. The fourth-order valence-electron chi connectivity index (χ4n) is 3.64. The molecule has 0 bridgehead atoms. The van der Waals surface area contributed by atoms with Crippen LogP contribution < -0.4 is 0 Å². The van der Waals surface area contributed by atoms with Crippen molar-refractivity contribution in [2.24, 2.45) is 0 Å². The van der Waals surface area contributed by atoms with Crippen LogP contribution in [0.2, 0.25) is 0 Å². The lowest BCUT2D eigenvalue weighted by Crippen LogP contribution is -2.13. The summed E-state index contributed by atoms with van der Waals surface area (Å²) in [5, 5.41) is 5.49. The Morgan fingerprint density at radius 3 is 2.77 bits per heavy atom. The highest BCUT2D eigenvalue weighted by atomic mass is 32.2. The molecular formula is C21H19N3OS. The minimum Gasteiger partial charge on any atom is -0.381 e. The summed E-state index contributed by atoms with van der Waals surface area (Å²) in [6, 6.07) is 19.6. The second-order valence-corrected chi connectivity index (χ2v) is 7.79. The monoisotopic (exact) mass is 361 g/mol. The van der Waals surface area contributed by atoms with E-state index in [1.807, 2.05) is 22.3 Å². The van der Waals surface area contributed by atoms with Crippen molar-refractivity contribution in [1.82, 2.24) is 14.6 Å². The molecule has 0 aliphatic carbocycles. The van der Waals surface area contributed by atoms with Gasteiger partial charge in [-0.1, -0.05) is 23.9 Å². The molecule has 2 aromatic carbocycles. The van der Waals surface area contributed by atoms with Gasteiger partial charge < -0.3 is 4.74 Å². The van der Waals surface area contributed by atoms with Crippen LogP contribution in [0.1, 0.15) is 24.3 Å². The second-order valence-electron chi connectivity index (χ2n) is 6.65. The number of aromatic nitrogens is 3. The second kappa shape index (κ2) is 6.74. The number of rotatable bonds is 3. The summed E-state index contributed by atoms with van der Waals surface area (Å²) in [5.74, 6) is 0.626. The number of benzene rings is 2. The maximum Gasteiger partial charge on any atom is 0.155 e. The Hall–Kier alpha value is -2.37. The normalized spacial score (nSPS) is 15.7. The molecule has 0 spiro atoms. The third kappa shape index (κ3) is 2.97. The Balaban J connectivity index is 1.44. The molecule has 5 rings (SSSR count). The van der Waals surface area contributed by atoms with E-state index in [4.69, 9.17) is 4.74 Å². The van der Waals surface area contributed by atoms with Crippen LogP contribution in [-0.2, 0) is 4.74 Å². The van der Waals surface area contributed by atoms with Gasteiger partial charge in [0.1, 0.15) is 6.33 Å². The molecule has 130 valence electrons. The van der Waals surface area contributed by atoms with Crippen LogP contribution in [-0.4, -0.2) is 27.8 Å². The van der Waals surface area contributed by atoms with E-state index in [2.05, 4.69) is 58.6 Å². The average Bonchev–Trinajstić information content (AvgIpc) is 3.18. The van der Waals surface area contributed by atoms with E-state index in [1.165, 1.54) is 20.7 Å². The molecule has 0 amide bonds. The topological polar surface area (TPSA) is 39.4 Å². The van der Waals surface area contributed by atoms with Gasteiger partial charge in [0.05, 0.1) is 5.52 Å². The Morgan fingerprint density at radius 1 is 0.962 bits per heavy atom. The van der Waals surface area contributed by atoms with Gasteiger partial charge in [-0.25, -0.2) is 9.50 Å². The first kappa shape index (κ1) is 15.9. The molecule has 4 nitrogen and oxygen atoms in total. The summed E-state index contributed by atoms with van der Waals surface area (Å²) in [6.45, 7) is 1.76. The molecule has 4 aromatic rings. The highest BCUT2D eigenvalue weighted by molar-refractivity contribution is 7.99. The Morgan fingerprint density at radius 2 is 1.85 bits per heavy atom. The zero-order chi connectivity index (χ0) is 17.3. The molecule has 1 fully saturated rings. The lowest BCUT2D eigenvalue weighted by Gasteiger charge is -2.22. The summed E-state index contributed by atoms with van der Waals surface area (Å²) >= 11 is 1.81. The third-order valence-corrected chi connectivity index (χ3v) is 5.98. The maximum absolute atomic E-state index is 5.50. The third-order valence-electron chi connectivity index (χ3n) is 5.00. The number of hydrogen-bond acceptors (Lipinski definition) is 4. The zero-order valence-electron chi connectivity index (χ0n) is 14.3. The molecule has 1 saturated heterocycles. The van der Waals surface area contributed by atoms with Gasteiger partial charge in [-0.15, -0.1) is 0 Å². The van der Waals surface area contributed by atoms with Crippen LogP contribution in [0.3, 0.4) is 0 Å². The maximum atomic E-state index is 5.50. The van der Waals surface area contributed by atoms with Gasteiger partial charge in [-0.2, -0.15) is 5.10 Å². The van der Waals surface area contributed by atoms with Crippen LogP contribution in [0.5, 0.6) is 0 Å². The van der Waals surface area contributed by atoms with Gasteiger partial charge >= 0.3 is 0 Å². The first-order valence-corrected chi connectivity index (χ1v) is 9.76. The first-order valence-electron chi connectivity index (χ1n) is 8.95. The van der Waals surface area contributed by atoms with E-state index in [0.717, 1.165) is 37.2 Å². The van der Waals surface area contributed by atoms with E-state index >= 15 is 0 Å². The number of ether oxygens (including phenoxy) is 1. The summed E-state index contributed by atoms with van der Waals surface area (Å²) in [6.07, 6.45) is 3.84. The van der Waals surface area contributed by atoms with Crippen molar-refractivity contribution >= 4 is 28.3 Å². The van der Waals surface area contributed by atoms with Crippen LogP contribution in [0.15, 0.2) is 70.7 Å². The Kier molecular flexibility index (Phi) is 4.11. The molecule has 0 atom stereocenters. The summed E-state index contributed by atoms with van der Waals surface area (Å²) < 4.78 is 7.38. The van der Waals surface area contributed by atoms with Crippen molar-refractivity contribution in [3.8, 4) is 0 Å². The largest absolute Gasteiger partial charge is 0.381 e. The molecule has 0 saturated carbocycles.